The van der Waals surface area contributed by atoms with Gasteiger partial charge in [0.1, 0.15) is 0 Å². The quantitative estimate of drug-likeness (QED) is 0.576. The van der Waals surface area contributed by atoms with Crippen LogP contribution in [-0.2, 0) is 0 Å². The monoisotopic (exact) mass is 264 g/mol. The molecular weight excluding hydrogens is 240 g/mol. The number of amides is 1. The van der Waals surface area contributed by atoms with Gasteiger partial charge in [0.15, 0.2) is 5.82 Å². The molecule has 0 aliphatic carbocycles. The predicted molar refractivity (Wildman–Crippen MR) is 77.7 cm³/mol. The lowest BCUT2D eigenvalue weighted by Gasteiger charge is -2.33. The van der Waals surface area contributed by atoms with Crippen LogP contribution in [0.2, 0.25) is 0 Å². The molecule has 0 fully saturated rings. The Morgan fingerprint density at radius 2 is 1.95 bits per heavy atom. The molecule has 0 unspecified atom stereocenters. The maximum atomic E-state index is 12.3. The van der Waals surface area contributed by atoms with Gasteiger partial charge in [-0.05, 0) is 37.8 Å². The van der Waals surface area contributed by atoms with Crippen molar-refractivity contribution in [3.63, 3.8) is 0 Å². The molecule has 0 aromatic carbocycles. The van der Waals surface area contributed by atoms with Crippen LogP contribution in [0.3, 0.4) is 0 Å². The summed E-state index contributed by atoms with van der Waals surface area (Å²) < 4.78 is 0. The molecular formula is C14H24N4O. The largest absolute Gasteiger partial charge is 0.347 e. The Hall–Kier alpha value is -1.62. The Morgan fingerprint density at radius 1 is 1.32 bits per heavy atom. The summed E-state index contributed by atoms with van der Waals surface area (Å²) in [6, 6.07) is 3.41. The van der Waals surface area contributed by atoms with Gasteiger partial charge < -0.3 is 10.7 Å². The van der Waals surface area contributed by atoms with Gasteiger partial charge in [-0.15, -0.1) is 0 Å². The molecule has 0 saturated heterocycles. The van der Waals surface area contributed by atoms with Gasteiger partial charge in [-0.3, -0.25) is 4.79 Å². The molecule has 0 bridgehead atoms. The number of carbonyl (C=O) groups excluding carboxylic acids is 1. The van der Waals surface area contributed by atoms with E-state index in [0.717, 1.165) is 6.42 Å². The standard InChI is InChI=1S/C14H24N4O/c1-13(2,3)9-14(4,5)17-12(19)10-7-6-8-16-11(10)18-15/h6-8H,9,15H2,1-5H3,(H,16,18)(H,17,19). The van der Waals surface area contributed by atoms with Gasteiger partial charge in [0.05, 0.1) is 5.56 Å². The summed E-state index contributed by atoms with van der Waals surface area (Å²) in [5.41, 5.74) is 2.73. The van der Waals surface area contributed by atoms with Crippen LogP contribution < -0.4 is 16.6 Å². The molecule has 5 heteroatoms. The number of aromatic nitrogens is 1. The van der Waals surface area contributed by atoms with E-state index in [9.17, 15) is 4.79 Å². The second-order valence-electron chi connectivity index (χ2n) is 6.62. The number of nitrogens with one attached hydrogen (secondary N) is 2. The first kappa shape index (κ1) is 15.4. The van der Waals surface area contributed by atoms with Crippen molar-refractivity contribution in [2.75, 3.05) is 5.43 Å². The van der Waals surface area contributed by atoms with Crippen molar-refractivity contribution in [1.29, 1.82) is 0 Å². The number of carbonyl (C=O) groups is 1. The molecule has 0 saturated carbocycles. The van der Waals surface area contributed by atoms with Crippen molar-refractivity contribution in [3.8, 4) is 0 Å². The van der Waals surface area contributed by atoms with Crippen molar-refractivity contribution >= 4 is 11.7 Å². The molecule has 0 aliphatic rings. The molecule has 0 spiro atoms. The molecule has 0 radical (unpaired) electrons. The number of anilines is 1. The predicted octanol–water partition coefficient (Wildman–Crippen LogP) is 2.31. The van der Waals surface area contributed by atoms with Gasteiger partial charge in [-0.25, -0.2) is 10.8 Å². The first-order valence-electron chi connectivity index (χ1n) is 6.39. The van der Waals surface area contributed by atoms with E-state index in [1.54, 1.807) is 18.3 Å². The molecule has 5 nitrogen and oxygen atoms in total. The van der Waals surface area contributed by atoms with Gasteiger partial charge in [-0.2, -0.15) is 0 Å². The van der Waals surface area contributed by atoms with Gasteiger partial charge in [0, 0.05) is 11.7 Å². The molecule has 1 aromatic heterocycles. The fraction of sp³-hybridized carbons (Fsp3) is 0.571. The summed E-state index contributed by atoms with van der Waals surface area (Å²) in [5.74, 6) is 5.57. The summed E-state index contributed by atoms with van der Waals surface area (Å²) in [7, 11) is 0. The lowest BCUT2D eigenvalue weighted by atomic mass is 9.81. The Morgan fingerprint density at radius 3 is 2.47 bits per heavy atom. The molecule has 1 rings (SSSR count). The SMILES string of the molecule is CC(C)(C)CC(C)(C)NC(=O)c1cccnc1NN. The number of hydrogen-bond acceptors (Lipinski definition) is 4. The summed E-state index contributed by atoms with van der Waals surface area (Å²) in [5, 5.41) is 3.03. The zero-order valence-corrected chi connectivity index (χ0v) is 12.4. The van der Waals surface area contributed by atoms with E-state index < -0.39 is 0 Å². The fourth-order valence-corrected chi connectivity index (χ4v) is 2.45. The third kappa shape index (κ3) is 4.87. The lowest BCUT2D eigenvalue weighted by molar-refractivity contribution is 0.0892. The third-order valence-electron chi connectivity index (χ3n) is 2.61. The van der Waals surface area contributed by atoms with Crippen LogP contribution in [0.25, 0.3) is 0 Å². The van der Waals surface area contributed by atoms with Gasteiger partial charge >= 0.3 is 0 Å². The third-order valence-corrected chi connectivity index (χ3v) is 2.61. The second-order valence-corrected chi connectivity index (χ2v) is 6.62. The van der Waals surface area contributed by atoms with Gasteiger partial charge in [-0.1, -0.05) is 20.8 Å². The van der Waals surface area contributed by atoms with Crippen LogP contribution >= 0.6 is 0 Å². The first-order valence-corrected chi connectivity index (χ1v) is 6.39. The summed E-state index contributed by atoms with van der Waals surface area (Å²) in [6.07, 6.45) is 2.46. The second kappa shape index (κ2) is 5.57. The number of nitrogen functional groups attached to an aromatic ring is 1. The van der Waals surface area contributed by atoms with Crippen LogP contribution in [-0.4, -0.2) is 16.4 Å². The smallest absolute Gasteiger partial charge is 0.255 e. The lowest BCUT2D eigenvalue weighted by Crippen LogP contribution is -2.46. The van der Waals surface area contributed by atoms with Crippen molar-refractivity contribution in [2.45, 2.75) is 46.6 Å². The molecule has 1 aromatic rings. The Labute approximate surface area is 115 Å². The summed E-state index contributed by atoms with van der Waals surface area (Å²) >= 11 is 0. The Bertz CT molecular complexity index is 449. The molecule has 4 N–H and O–H groups in total. The van der Waals surface area contributed by atoms with Gasteiger partial charge in [0.2, 0.25) is 0 Å². The van der Waals surface area contributed by atoms with Crippen LogP contribution in [0.15, 0.2) is 18.3 Å². The van der Waals surface area contributed by atoms with Crippen LogP contribution in [0, 0.1) is 5.41 Å². The van der Waals surface area contributed by atoms with Crippen LogP contribution in [0.4, 0.5) is 5.82 Å². The maximum Gasteiger partial charge on any atom is 0.255 e. The first-order chi connectivity index (χ1) is 8.64. The highest BCUT2D eigenvalue weighted by Crippen LogP contribution is 2.27. The Balaban J connectivity index is 2.85. The van der Waals surface area contributed by atoms with Crippen LogP contribution in [0.1, 0.15) is 51.4 Å². The minimum absolute atomic E-state index is 0.140. The van der Waals surface area contributed by atoms with E-state index >= 15 is 0 Å². The van der Waals surface area contributed by atoms with Crippen molar-refractivity contribution in [3.05, 3.63) is 23.9 Å². The summed E-state index contributed by atoms with van der Waals surface area (Å²) in [6.45, 7) is 10.5. The van der Waals surface area contributed by atoms with E-state index in [2.05, 4.69) is 36.5 Å². The molecule has 19 heavy (non-hydrogen) atoms. The normalized spacial score (nSPS) is 12.1. The average molecular weight is 264 g/mol. The topological polar surface area (TPSA) is 80.0 Å². The molecule has 0 aliphatic heterocycles. The van der Waals surface area contributed by atoms with E-state index in [4.69, 9.17) is 5.84 Å². The summed E-state index contributed by atoms with van der Waals surface area (Å²) in [4.78, 5) is 16.3. The van der Waals surface area contributed by atoms with Crippen molar-refractivity contribution in [2.24, 2.45) is 11.3 Å². The van der Waals surface area contributed by atoms with E-state index in [0.29, 0.717) is 11.4 Å². The van der Waals surface area contributed by atoms with Crippen molar-refractivity contribution < 1.29 is 4.79 Å². The number of nitrogens with zero attached hydrogens (tertiary/aromatic N) is 1. The molecule has 1 amide bonds. The van der Waals surface area contributed by atoms with E-state index in [1.807, 2.05) is 13.8 Å². The molecule has 0 atom stereocenters. The number of rotatable bonds is 4. The number of hydrogen-bond donors (Lipinski definition) is 3. The number of pyridine rings is 1. The fourth-order valence-electron chi connectivity index (χ4n) is 2.45. The van der Waals surface area contributed by atoms with E-state index in [1.165, 1.54) is 0 Å². The minimum atomic E-state index is -0.295. The number of nitrogens with two attached hydrogens (primary N) is 1. The maximum absolute atomic E-state index is 12.3. The zero-order chi connectivity index (χ0) is 14.7. The highest BCUT2D eigenvalue weighted by molar-refractivity contribution is 5.99. The highest BCUT2D eigenvalue weighted by Gasteiger charge is 2.28. The molecule has 1 heterocycles. The van der Waals surface area contributed by atoms with Crippen molar-refractivity contribution in [1.82, 2.24) is 10.3 Å². The minimum Gasteiger partial charge on any atom is -0.347 e. The van der Waals surface area contributed by atoms with Gasteiger partial charge in [0.25, 0.3) is 5.91 Å². The van der Waals surface area contributed by atoms with Crippen LogP contribution in [0.5, 0.6) is 0 Å². The highest BCUT2D eigenvalue weighted by atomic mass is 16.1. The number of hydrazine groups is 1. The van der Waals surface area contributed by atoms with E-state index in [-0.39, 0.29) is 16.9 Å². The Kier molecular flexibility index (Phi) is 4.52. The zero-order valence-electron chi connectivity index (χ0n) is 12.4. The molecule has 106 valence electrons. The average Bonchev–Trinajstić information content (AvgIpc) is 2.24.